The van der Waals surface area contributed by atoms with Crippen LogP contribution in [-0.2, 0) is 15.8 Å². The van der Waals surface area contributed by atoms with Crippen LogP contribution in [0, 0.1) is 5.92 Å². The van der Waals surface area contributed by atoms with Crippen molar-refractivity contribution in [2.45, 2.75) is 50.4 Å². The Morgan fingerprint density at radius 2 is 1.78 bits per heavy atom. The summed E-state index contributed by atoms with van der Waals surface area (Å²) in [6.45, 7) is 0. The SMILES string of the molecule is O=CC1N=C(CC2CCC(c3ccc(-c4ccc(Nc5ccc(C(F)(F)F)nc5)nn4)cc3)CC2)NO1. The summed E-state index contributed by atoms with van der Waals surface area (Å²) >= 11 is 0. The van der Waals surface area contributed by atoms with Gasteiger partial charge in [0.25, 0.3) is 0 Å². The Bertz CT molecular complexity index is 1240. The van der Waals surface area contributed by atoms with E-state index >= 15 is 0 Å². The van der Waals surface area contributed by atoms with Gasteiger partial charge in [-0.3, -0.25) is 10.3 Å². The minimum Gasteiger partial charge on any atom is -0.337 e. The van der Waals surface area contributed by atoms with Crippen LogP contribution in [0.25, 0.3) is 11.3 Å². The highest BCUT2D eigenvalue weighted by Crippen LogP contribution is 2.38. The van der Waals surface area contributed by atoms with E-state index in [9.17, 15) is 18.0 Å². The Morgan fingerprint density at radius 1 is 1.00 bits per heavy atom. The van der Waals surface area contributed by atoms with Crippen molar-refractivity contribution in [2.24, 2.45) is 10.9 Å². The molecule has 3 heterocycles. The number of anilines is 2. The van der Waals surface area contributed by atoms with Gasteiger partial charge in [-0.2, -0.15) is 13.2 Å². The molecule has 1 aliphatic heterocycles. The number of nitrogens with one attached hydrogen (secondary N) is 2. The average molecular weight is 511 g/mol. The van der Waals surface area contributed by atoms with Gasteiger partial charge in [0.1, 0.15) is 11.5 Å². The number of nitrogens with zero attached hydrogens (tertiary/aromatic N) is 4. The van der Waals surface area contributed by atoms with E-state index < -0.39 is 18.1 Å². The Labute approximate surface area is 211 Å². The van der Waals surface area contributed by atoms with E-state index in [0.717, 1.165) is 55.8 Å². The van der Waals surface area contributed by atoms with E-state index in [0.29, 0.717) is 35.3 Å². The number of hydroxylamine groups is 1. The molecule has 1 aromatic carbocycles. The van der Waals surface area contributed by atoms with Gasteiger partial charge in [0.2, 0.25) is 6.23 Å². The number of carbonyl (C=O) groups is 1. The Morgan fingerprint density at radius 3 is 2.38 bits per heavy atom. The van der Waals surface area contributed by atoms with Crippen LogP contribution in [-0.4, -0.2) is 33.5 Å². The van der Waals surface area contributed by atoms with Crippen LogP contribution in [0.1, 0.15) is 49.3 Å². The fraction of sp³-hybridized carbons (Fsp3) is 0.346. The summed E-state index contributed by atoms with van der Waals surface area (Å²) in [5, 5.41) is 11.3. The highest BCUT2D eigenvalue weighted by atomic mass is 19.4. The predicted molar refractivity (Wildman–Crippen MR) is 131 cm³/mol. The summed E-state index contributed by atoms with van der Waals surface area (Å²) in [6.07, 6.45) is 1.76. The molecule has 0 saturated heterocycles. The molecule has 1 aliphatic carbocycles. The van der Waals surface area contributed by atoms with Crippen LogP contribution in [0.2, 0.25) is 0 Å². The molecule has 3 aromatic rings. The summed E-state index contributed by atoms with van der Waals surface area (Å²) < 4.78 is 38.0. The van der Waals surface area contributed by atoms with Crippen molar-refractivity contribution >= 4 is 23.6 Å². The molecule has 2 aliphatic rings. The molecule has 1 fully saturated rings. The van der Waals surface area contributed by atoms with Crippen molar-refractivity contribution in [3.05, 3.63) is 66.0 Å². The average Bonchev–Trinajstić information content (AvgIpc) is 3.37. The molecule has 11 heteroatoms. The van der Waals surface area contributed by atoms with Gasteiger partial charge < -0.3 is 5.32 Å². The molecule has 1 saturated carbocycles. The monoisotopic (exact) mass is 510 g/mol. The number of aliphatic imine (C=N–C) groups is 1. The second-order valence-corrected chi connectivity index (χ2v) is 9.22. The van der Waals surface area contributed by atoms with Crippen LogP contribution in [0.4, 0.5) is 24.7 Å². The van der Waals surface area contributed by atoms with Crippen molar-refractivity contribution in [3.63, 3.8) is 0 Å². The van der Waals surface area contributed by atoms with Crippen LogP contribution in [0.3, 0.4) is 0 Å². The zero-order chi connectivity index (χ0) is 25.8. The number of rotatable bonds is 7. The number of amidine groups is 1. The molecule has 5 rings (SSSR count). The highest BCUT2D eigenvalue weighted by Gasteiger charge is 2.32. The van der Waals surface area contributed by atoms with E-state index in [1.54, 1.807) is 6.07 Å². The van der Waals surface area contributed by atoms with Crippen molar-refractivity contribution in [1.29, 1.82) is 0 Å². The number of benzene rings is 1. The molecular formula is C26H25F3N6O2. The molecule has 1 atom stereocenters. The third-order valence-electron chi connectivity index (χ3n) is 6.69. The fourth-order valence-electron chi connectivity index (χ4n) is 4.72. The van der Waals surface area contributed by atoms with Crippen LogP contribution < -0.4 is 10.8 Å². The predicted octanol–water partition coefficient (Wildman–Crippen LogP) is 5.42. The van der Waals surface area contributed by atoms with E-state index in [2.05, 4.69) is 43.1 Å². The lowest BCUT2D eigenvalue weighted by Crippen LogP contribution is -2.23. The minimum absolute atomic E-state index is 0.389. The van der Waals surface area contributed by atoms with Crippen molar-refractivity contribution < 1.29 is 22.8 Å². The maximum atomic E-state index is 12.7. The number of carbonyl (C=O) groups excluding carboxylic acids is 1. The fourth-order valence-corrected chi connectivity index (χ4v) is 4.72. The zero-order valence-electron chi connectivity index (χ0n) is 19.8. The largest absolute Gasteiger partial charge is 0.433 e. The summed E-state index contributed by atoms with van der Waals surface area (Å²) in [5.41, 5.74) is 5.13. The summed E-state index contributed by atoms with van der Waals surface area (Å²) in [5.74, 6) is 2.18. The van der Waals surface area contributed by atoms with Gasteiger partial charge in [-0.05, 0) is 67.3 Å². The molecular weight excluding hydrogens is 485 g/mol. The van der Waals surface area contributed by atoms with Crippen LogP contribution in [0.15, 0.2) is 59.7 Å². The second-order valence-electron chi connectivity index (χ2n) is 9.22. The summed E-state index contributed by atoms with van der Waals surface area (Å²) in [4.78, 5) is 23.5. The Hall–Kier alpha value is -3.86. The molecule has 8 nitrogen and oxygen atoms in total. The number of alkyl halides is 3. The first-order valence-corrected chi connectivity index (χ1v) is 12.1. The molecule has 1 unspecified atom stereocenters. The second kappa shape index (κ2) is 10.6. The number of hydrogen-bond acceptors (Lipinski definition) is 8. The topological polar surface area (TPSA) is 101 Å². The minimum atomic E-state index is -4.48. The summed E-state index contributed by atoms with van der Waals surface area (Å²) in [6, 6.07) is 14.1. The molecule has 0 amide bonds. The van der Waals surface area contributed by atoms with Gasteiger partial charge in [0, 0.05) is 12.0 Å². The third kappa shape index (κ3) is 6.11. The molecule has 0 spiro atoms. The first kappa shape index (κ1) is 24.8. The van der Waals surface area contributed by atoms with Crippen molar-refractivity contribution in [3.8, 4) is 11.3 Å². The van der Waals surface area contributed by atoms with Gasteiger partial charge in [-0.1, -0.05) is 24.3 Å². The highest BCUT2D eigenvalue weighted by molar-refractivity contribution is 5.84. The molecule has 2 aromatic heterocycles. The Kier molecular flexibility index (Phi) is 7.13. The van der Waals surface area contributed by atoms with Gasteiger partial charge in [-0.25, -0.2) is 14.8 Å². The first-order valence-electron chi connectivity index (χ1n) is 12.1. The van der Waals surface area contributed by atoms with Gasteiger partial charge in [0.15, 0.2) is 12.1 Å². The standard InChI is InChI=1S/C26H25F3N6O2/c27-26(28,29)22-11-9-20(14-30-22)31-23-12-10-21(33-34-23)19-7-5-18(6-8-19)17-3-1-16(2-4-17)13-24-32-25(15-36)37-35-24/h5-12,14-17,25H,1-4,13H2,(H,31,34)(H,32,35). The van der Waals surface area contributed by atoms with Gasteiger partial charge in [-0.15, -0.1) is 10.2 Å². The van der Waals surface area contributed by atoms with Gasteiger partial charge >= 0.3 is 6.18 Å². The number of pyridine rings is 1. The van der Waals surface area contributed by atoms with Crippen molar-refractivity contribution in [2.75, 3.05) is 5.32 Å². The van der Waals surface area contributed by atoms with Crippen molar-refractivity contribution in [1.82, 2.24) is 20.7 Å². The lowest BCUT2D eigenvalue weighted by Gasteiger charge is -2.28. The number of hydrogen-bond donors (Lipinski definition) is 2. The van der Waals surface area contributed by atoms with E-state index in [1.165, 1.54) is 11.6 Å². The first-order chi connectivity index (χ1) is 17.9. The zero-order valence-corrected chi connectivity index (χ0v) is 19.8. The maximum absolute atomic E-state index is 12.7. The number of aromatic nitrogens is 3. The quantitative estimate of drug-likeness (QED) is 0.409. The molecule has 2 N–H and O–H groups in total. The molecule has 192 valence electrons. The lowest BCUT2D eigenvalue weighted by molar-refractivity contribution is -0.141. The smallest absolute Gasteiger partial charge is 0.337 e. The van der Waals surface area contributed by atoms with E-state index in [-0.39, 0.29) is 0 Å². The summed E-state index contributed by atoms with van der Waals surface area (Å²) in [7, 11) is 0. The third-order valence-corrected chi connectivity index (χ3v) is 6.69. The Balaban J connectivity index is 1.14. The molecule has 0 bridgehead atoms. The van der Waals surface area contributed by atoms with Crippen LogP contribution in [0.5, 0.6) is 0 Å². The van der Waals surface area contributed by atoms with E-state index in [1.807, 2.05) is 18.2 Å². The number of aldehydes is 1. The van der Waals surface area contributed by atoms with Gasteiger partial charge in [0.05, 0.1) is 17.6 Å². The van der Waals surface area contributed by atoms with E-state index in [4.69, 9.17) is 4.84 Å². The maximum Gasteiger partial charge on any atom is 0.433 e. The molecule has 0 radical (unpaired) electrons. The molecule has 37 heavy (non-hydrogen) atoms. The normalized spacial score (nSPS) is 21.7. The van der Waals surface area contributed by atoms with Crippen LogP contribution >= 0.6 is 0 Å². The number of halogens is 3. The lowest BCUT2D eigenvalue weighted by atomic mass is 9.77.